The molecular formula is C17H20N2O6S. The van der Waals surface area contributed by atoms with Gasteiger partial charge in [0, 0.05) is 26.7 Å². The summed E-state index contributed by atoms with van der Waals surface area (Å²) in [6.45, 7) is 1.72. The van der Waals surface area contributed by atoms with E-state index in [1.54, 1.807) is 12.1 Å². The summed E-state index contributed by atoms with van der Waals surface area (Å²) in [6.07, 6.45) is 0.426. The molecule has 2 N–H and O–H groups in total. The predicted octanol–water partition coefficient (Wildman–Crippen LogP) is 1.51. The van der Waals surface area contributed by atoms with E-state index in [1.165, 1.54) is 39.2 Å². The van der Waals surface area contributed by atoms with Crippen molar-refractivity contribution in [3.8, 4) is 0 Å². The van der Waals surface area contributed by atoms with E-state index in [-0.39, 0.29) is 28.5 Å². The number of furan rings is 1. The lowest BCUT2D eigenvalue weighted by Crippen LogP contribution is -2.25. The molecule has 9 heteroatoms. The van der Waals surface area contributed by atoms with Crippen LogP contribution in [0.15, 0.2) is 39.6 Å². The second-order valence-electron chi connectivity index (χ2n) is 5.83. The van der Waals surface area contributed by atoms with Crippen molar-refractivity contribution >= 4 is 21.9 Å². The van der Waals surface area contributed by atoms with Gasteiger partial charge >= 0.3 is 5.97 Å². The average Bonchev–Trinajstić information content (AvgIpc) is 2.97. The number of nitrogens with zero attached hydrogens (tertiary/aromatic N) is 1. The van der Waals surface area contributed by atoms with Crippen molar-refractivity contribution in [1.82, 2.24) is 9.62 Å². The number of carboxylic acids is 1. The third kappa shape index (κ3) is 4.30. The first-order valence-corrected chi connectivity index (χ1v) is 9.20. The van der Waals surface area contributed by atoms with E-state index >= 15 is 0 Å². The van der Waals surface area contributed by atoms with E-state index in [0.29, 0.717) is 6.42 Å². The molecule has 0 saturated heterocycles. The number of benzene rings is 1. The zero-order chi connectivity index (χ0) is 19.5. The molecule has 1 heterocycles. The Balaban J connectivity index is 2.03. The fourth-order valence-electron chi connectivity index (χ4n) is 2.30. The van der Waals surface area contributed by atoms with Crippen molar-refractivity contribution in [3.05, 3.63) is 53.0 Å². The van der Waals surface area contributed by atoms with Crippen LogP contribution < -0.4 is 5.32 Å². The highest BCUT2D eigenvalue weighted by molar-refractivity contribution is 7.89. The first kappa shape index (κ1) is 19.7. The van der Waals surface area contributed by atoms with Gasteiger partial charge in [0.1, 0.15) is 10.7 Å². The average molecular weight is 380 g/mol. The predicted molar refractivity (Wildman–Crippen MR) is 93.8 cm³/mol. The smallest absolute Gasteiger partial charge is 0.335 e. The number of carboxylic acid groups (broad SMARTS) is 1. The molecule has 0 unspecified atom stereocenters. The van der Waals surface area contributed by atoms with E-state index in [0.717, 1.165) is 9.87 Å². The summed E-state index contributed by atoms with van der Waals surface area (Å²) < 4.78 is 30.6. The van der Waals surface area contributed by atoms with Crippen LogP contribution >= 0.6 is 0 Å². The second kappa shape index (κ2) is 7.71. The summed E-state index contributed by atoms with van der Waals surface area (Å²) in [5, 5.41) is 11.6. The minimum atomic E-state index is -3.69. The van der Waals surface area contributed by atoms with Gasteiger partial charge in [-0.25, -0.2) is 17.5 Å². The normalized spacial score (nSPS) is 11.5. The fraction of sp³-hybridized carbons (Fsp3) is 0.294. The molecule has 0 saturated carbocycles. The van der Waals surface area contributed by atoms with Crippen LogP contribution in [0, 0.1) is 6.92 Å². The largest absolute Gasteiger partial charge is 0.478 e. The molecule has 0 spiro atoms. The number of hydrogen-bond acceptors (Lipinski definition) is 5. The Hall–Kier alpha value is -2.65. The lowest BCUT2D eigenvalue weighted by atomic mass is 10.1. The van der Waals surface area contributed by atoms with E-state index in [2.05, 4.69) is 5.32 Å². The van der Waals surface area contributed by atoms with E-state index in [4.69, 9.17) is 9.52 Å². The quantitative estimate of drug-likeness (QED) is 0.752. The van der Waals surface area contributed by atoms with Crippen molar-refractivity contribution in [1.29, 1.82) is 0 Å². The maximum Gasteiger partial charge on any atom is 0.335 e. The van der Waals surface area contributed by atoms with Crippen molar-refractivity contribution in [2.75, 3.05) is 20.6 Å². The minimum Gasteiger partial charge on any atom is -0.478 e. The Morgan fingerprint density at radius 2 is 1.92 bits per heavy atom. The van der Waals surface area contributed by atoms with Gasteiger partial charge in [0.2, 0.25) is 10.0 Å². The molecule has 0 aliphatic heterocycles. The molecule has 140 valence electrons. The number of rotatable bonds is 7. The molecule has 1 aromatic heterocycles. The molecule has 0 fully saturated rings. The van der Waals surface area contributed by atoms with Crippen LogP contribution in [-0.2, 0) is 16.4 Å². The summed E-state index contributed by atoms with van der Waals surface area (Å²) in [6, 6.07) is 7.62. The highest BCUT2D eigenvalue weighted by Crippen LogP contribution is 2.22. The second-order valence-corrected chi connectivity index (χ2v) is 7.95. The summed E-state index contributed by atoms with van der Waals surface area (Å²) >= 11 is 0. The molecule has 0 aliphatic rings. The Morgan fingerprint density at radius 1 is 1.23 bits per heavy atom. The Kier molecular flexibility index (Phi) is 5.83. The number of aryl methyl sites for hydroxylation is 1. The van der Waals surface area contributed by atoms with Gasteiger partial charge in [0.25, 0.3) is 5.91 Å². The van der Waals surface area contributed by atoms with Gasteiger partial charge in [0.15, 0.2) is 5.76 Å². The van der Waals surface area contributed by atoms with Crippen molar-refractivity contribution < 1.29 is 27.5 Å². The highest BCUT2D eigenvalue weighted by atomic mass is 32.2. The van der Waals surface area contributed by atoms with Crippen LogP contribution in [-0.4, -0.2) is 50.3 Å². The van der Waals surface area contributed by atoms with E-state index < -0.39 is 21.9 Å². The maximum atomic E-state index is 12.2. The zero-order valence-corrected chi connectivity index (χ0v) is 15.5. The number of amides is 1. The lowest BCUT2D eigenvalue weighted by molar-refractivity contribution is 0.0696. The summed E-state index contributed by atoms with van der Waals surface area (Å²) in [4.78, 5) is 23.1. The zero-order valence-electron chi connectivity index (χ0n) is 14.6. The monoisotopic (exact) mass is 380 g/mol. The first-order valence-electron chi connectivity index (χ1n) is 7.76. The van der Waals surface area contributed by atoms with Crippen LogP contribution in [0.3, 0.4) is 0 Å². The Bertz CT molecular complexity index is 930. The molecule has 26 heavy (non-hydrogen) atoms. The highest BCUT2D eigenvalue weighted by Gasteiger charge is 2.25. The van der Waals surface area contributed by atoms with Gasteiger partial charge in [-0.05, 0) is 31.0 Å². The van der Waals surface area contributed by atoms with Crippen LogP contribution in [0.1, 0.15) is 32.2 Å². The molecule has 2 rings (SSSR count). The summed E-state index contributed by atoms with van der Waals surface area (Å²) in [7, 11) is -0.901. The Labute approximate surface area is 151 Å². The van der Waals surface area contributed by atoms with Gasteiger partial charge in [-0.1, -0.05) is 12.1 Å². The number of nitrogens with one attached hydrogen (secondary N) is 1. The molecule has 1 amide bonds. The standard InChI is InChI=1S/C17H20N2O6S/c1-11-15(26(23,24)19(2)3)10-14(25-11)16(20)18-8-7-12-5-4-6-13(9-12)17(21)22/h4-6,9-10H,7-8H2,1-3H3,(H,18,20)(H,21,22). The van der Waals surface area contributed by atoms with Gasteiger partial charge < -0.3 is 14.8 Å². The fourth-order valence-corrected chi connectivity index (χ4v) is 3.35. The molecule has 1 aromatic carbocycles. The number of carbonyl (C=O) groups is 2. The van der Waals surface area contributed by atoms with Crippen LogP contribution in [0.5, 0.6) is 0 Å². The maximum absolute atomic E-state index is 12.2. The van der Waals surface area contributed by atoms with Crippen LogP contribution in [0.2, 0.25) is 0 Å². The van der Waals surface area contributed by atoms with Gasteiger partial charge in [-0.15, -0.1) is 0 Å². The van der Waals surface area contributed by atoms with Crippen molar-refractivity contribution in [2.24, 2.45) is 0 Å². The number of hydrogen-bond donors (Lipinski definition) is 2. The van der Waals surface area contributed by atoms with Crippen LogP contribution in [0.25, 0.3) is 0 Å². The SMILES string of the molecule is Cc1oc(C(=O)NCCc2cccc(C(=O)O)c2)cc1S(=O)(=O)N(C)C. The number of aromatic carboxylic acids is 1. The minimum absolute atomic E-state index is 0.0539. The van der Waals surface area contributed by atoms with Crippen LogP contribution in [0.4, 0.5) is 0 Å². The third-order valence-corrected chi connectivity index (χ3v) is 5.65. The topological polar surface area (TPSA) is 117 Å². The first-order chi connectivity index (χ1) is 12.1. The van der Waals surface area contributed by atoms with Gasteiger partial charge in [-0.2, -0.15) is 0 Å². The number of carbonyl (C=O) groups excluding carboxylic acids is 1. The van der Waals surface area contributed by atoms with Crippen molar-refractivity contribution in [3.63, 3.8) is 0 Å². The van der Waals surface area contributed by atoms with E-state index in [9.17, 15) is 18.0 Å². The molecule has 8 nitrogen and oxygen atoms in total. The van der Waals surface area contributed by atoms with Gasteiger partial charge in [-0.3, -0.25) is 4.79 Å². The molecule has 0 radical (unpaired) electrons. The van der Waals surface area contributed by atoms with Gasteiger partial charge in [0.05, 0.1) is 5.56 Å². The molecule has 0 aliphatic carbocycles. The Morgan fingerprint density at radius 3 is 2.54 bits per heavy atom. The molecule has 2 aromatic rings. The van der Waals surface area contributed by atoms with Crippen molar-refractivity contribution in [2.45, 2.75) is 18.2 Å². The van der Waals surface area contributed by atoms with E-state index in [1.807, 2.05) is 0 Å². The third-order valence-electron chi connectivity index (χ3n) is 3.73. The number of sulfonamides is 1. The summed E-state index contributed by atoms with van der Waals surface area (Å²) in [5.74, 6) is -1.51. The molecule has 0 bridgehead atoms. The molecule has 0 atom stereocenters. The summed E-state index contributed by atoms with van der Waals surface area (Å²) in [5.41, 5.74) is 0.936. The lowest BCUT2D eigenvalue weighted by Gasteiger charge is -2.09. The molecular weight excluding hydrogens is 360 g/mol.